The van der Waals surface area contributed by atoms with Crippen LogP contribution in [0.3, 0.4) is 0 Å². The highest BCUT2D eigenvalue weighted by Crippen LogP contribution is 2.48. The second kappa shape index (κ2) is 9.11. The number of rotatable bonds is 6. The predicted octanol–water partition coefficient (Wildman–Crippen LogP) is 7.20. The van der Waals surface area contributed by atoms with Crippen molar-refractivity contribution < 1.29 is 13.6 Å². The van der Waals surface area contributed by atoms with Crippen LogP contribution in [-0.2, 0) is 0 Å². The van der Waals surface area contributed by atoms with Crippen LogP contribution < -0.4 is 5.32 Å². The summed E-state index contributed by atoms with van der Waals surface area (Å²) < 4.78 is 28.9. The molecular weight excluding hydrogens is 468 g/mol. The van der Waals surface area contributed by atoms with Gasteiger partial charge in [0.1, 0.15) is 4.88 Å². The lowest BCUT2D eigenvalue weighted by atomic mass is 9.83. The van der Waals surface area contributed by atoms with E-state index in [1.165, 1.54) is 49.0 Å². The fraction of sp³-hybridized carbons (Fsp3) is 0.385. The van der Waals surface area contributed by atoms with E-state index in [4.69, 9.17) is 0 Å². The second-order valence-electron chi connectivity index (χ2n) is 9.50. The molecule has 2 aromatic carbocycles. The zero-order valence-corrected chi connectivity index (χ0v) is 19.9. The number of carbonyl (C=O) groups is 1. The Morgan fingerprint density at radius 2 is 1.80 bits per heavy atom. The number of fused-ring (bicyclic) bond motifs is 1. The van der Waals surface area contributed by atoms with Gasteiger partial charge in [-0.05, 0) is 71.6 Å². The SMILES string of the molecule is O=C(Nc1nn[nH]n1)c1sc2cc(C3CC3)c(C(F)F)cc2c1-c1ccc(C2CCCCC2)cc1. The van der Waals surface area contributed by atoms with E-state index in [1.54, 1.807) is 6.07 Å². The van der Waals surface area contributed by atoms with Crippen molar-refractivity contribution in [3.63, 3.8) is 0 Å². The predicted molar refractivity (Wildman–Crippen MR) is 132 cm³/mol. The molecule has 0 bridgehead atoms. The molecule has 1 amide bonds. The number of aromatic amines is 1. The Morgan fingerprint density at radius 1 is 1.03 bits per heavy atom. The van der Waals surface area contributed by atoms with E-state index >= 15 is 0 Å². The molecule has 2 N–H and O–H groups in total. The largest absolute Gasteiger partial charge is 0.287 e. The Balaban J connectivity index is 1.47. The summed E-state index contributed by atoms with van der Waals surface area (Å²) >= 11 is 1.32. The van der Waals surface area contributed by atoms with Crippen LogP contribution in [0, 0.1) is 0 Å². The number of carbonyl (C=O) groups excluding carboxylic acids is 1. The first-order valence-electron chi connectivity index (χ1n) is 12.1. The van der Waals surface area contributed by atoms with Gasteiger partial charge in [0, 0.05) is 21.2 Å². The molecule has 0 spiro atoms. The number of nitrogens with zero attached hydrogens (tertiary/aromatic N) is 3. The van der Waals surface area contributed by atoms with E-state index in [9.17, 15) is 13.6 Å². The summed E-state index contributed by atoms with van der Waals surface area (Å²) in [5, 5.41) is 16.8. The van der Waals surface area contributed by atoms with Crippen molar-refractivity contribution in [2.24, 2.45) is 0 Å². The maximum Gasteiger partial charge on any atom is 0.270 e. The standard InChI is InChI=1S/C26H25F2N5OS/c27-24(28)19-12-20-21(13-18(19)16-8-9-16)35-23(25(34)29-26-30-32-33-31-26)22(20)17-10-6-15(7-11-17)14-4-2-1-3-5-14/h6-7,10-14,16,24H,1-5,8-9H2,(H2,29,30,31,32,33,34). The number of nitrogens with one attached hydrogen (secondary N) is 2. The van der Waals surface area contributed by atoms with Crippen LogP contribution in [0.4, 0.5) is 14.7 Å². The number of benzene rings is 2. The molecule has 6 nitrogen and oxygen atoms in total. The van der Waals surface area contributed by atoms with Crippen molar-refractivity contribution in [1.29, 1.82) is 0 Å². The minimum absolute atomic E-state index is 0.0676. The molecule has 0 saturated heterocycles. The van der Waals surface area contributed by atoms with E-state index < -0.39 is 6.43 Å². The third-order valence-corrected chi connectivity index (χ3v) is 8.35. The van der Waals surface area contributed by atoms with Crippen LogP contribution in [-0.4, -0.2) is 26.5 Å². The van der Waals surface area contributed by atoms with Crippen molar-refractivity contribution in [3.05, 3.63) is 58.0 Å². The number of alkyl halides is 2. The van der Waals surface area contributed by atoms with E-state index in [2.05, 4.69) is 38.1 Å². The molecule has 35 heavy (non-hydrogen) atoms. The second-order valence-corrected chi connectivity index (χ2v) is 10.6. The number of H-pyrrole nitrogens is 1. The molecule has 0 aliphatic heterocycles. The number of hydrogen-bond donors (Lipinski definition) is 2. The number of amides is 1. The number of aromatic nitrogens is 4. The summed E-state index contributed by atoms with van der Waals surface area (Å²) in [6, 6.07) is 11.8. The third kappa shape index (κ3) is 4.33. The summed E-state index contributed by atoms with van der Waals surface area (Å²) in [7, 11) is 0. The minimum atomic E-state index is -2.56. The summed E-state index contributed by atoms with van der Waals surface area (Å²) in [5.41, 5.74) is 3.59. The molecule has 2 aromatic heterocycles. The number of halogens is 2. The molecule has 6 rings (SSSR count). The molecule has 0 atom stereocenters. The average molecular weight is 494 g/mol. The fourth-order valence-electron chi connectivity index (χ4n) is 5.29. The lowest BCUT2D eigenvalue weighted by Gasteiger charge is -2.22. The smallest absolute Gasteiger partial charge is 0.270 e. The Labute approximate surface area is 205 Å². The molecule has 2 heterocycles. The van der Waals surface area contributed by atoms with Crippen LogP contribution in [0.25, 0.3) is 21.2 Å². The van der Waals surface area contributed by atoms with Gasteiger partial charge in [0.25, 0.3) is 18.3 Å². The lowest BCUT2D eigenvalue weighted by Crippen LogP contribution is -2.12. The van der Waals surface area contributed by atoms with E-state index in [-0.39, 0.29) is 23.3 Å². The Kier molecular flexibility index (Phi) is 5.80. The van der Waals surface area contributed by atoms with Gasteiger partial charge in [0.05, 0.1) is 0 Å². The molecule has 2 saturated carbocycles. The topological polar surface area (TPSA) is 83.6 Å². The highest BCUT2D eigenvalue weighted by Gasteiger charge is 2.31. The van der Waals surface area contributed by atoms with Crippen LogP contribution in [0.5, 0.6) is 0 Å². The highest BCUT2D eigenvalue weighted by molar-refractivity contribution is 7.21. The molecule has 180 valence electrons. The van der Waals surface area contributed by atoms with Crippen molar-refractivity contribution in [3.8, 4) is 11.1 Å². The van der Waals surface area contributed by atoms with Crippen molar-refractivity contribution in [2.45, 2.75) is 63.2 Å². The summed E-state index contributed by atoms with van der Waals surface area (Å²) in [4.78, 5) is 13.7. The molecule has 2 aliphatic rings. The van der Waals surface area contributed by atoms with E-state index in [0.29, 0.717) is 27.3 Å². The molecule has 4 aromatic rings. The van der Waals surface area contributed by atoms with Crippen LogP contribution in [0.2, 0.25) is 0 Å². The Bertz CT molecular complexity index is 1360. The third-order valence-electron chi connectivity index (χ3n) is 7.20. The summed E-state index contributed by atoms with van der Waals surface area (Å²) in [6.07, 6.45) is 5.48. The zero-order valence-electron chi connectivity index (χ0n) is 19.1. The minimum Gasteiger partial charge on any atom is -0.287 e. The summed E-state index contributed by atoms with van der Waals surface area (Å²) in [5.74, 6) is 0.424. The normalized spacial score (nSPS) is 16.8. The monoisotopic (exact) mass is 493 g/mol. The van der Waals surface area contributed by atoms with Gasteiger partial charge in [-0.1, -0.05) is 48.6 Å². The zero-order chi connectivity index (χ0) is 23.9. The van der Waals surface area contributed by atoms with E-state index in [0.717, 1.165) is 23.1 Å². The van der Waals surface area contributed by atoms with Crippen molar-refractivity contribution >= 4 is 33.3 Å². The molecule has 9 heteroatoms. The number of hydrogen-bond acceptors (Lipinski definition) is 5. The van der Waals surface area contributed by atoms with Crippen molar-refractivity contribution in [2.75, 3.05) is 5.32 Å². The molecular formula is C26H25F2N5OS. The first-order chi connectivity index (χ1) is 17.1. The molecule has 2 fully saturated rings. The first kappa shape index (κ1) is 22.3. The quantitative estimate of drug-likeness (QED) is 0.298. The maximum absolute atomic E-state index is 14.1. The average Bonchev–Trinajstić information content (AvgIpc) is 3.47. The van der Waals surface area contributed by atoms with Crippen LogP contribution in [0.1, 0.15) is 89.6 Å². The number of anilines is 1. The Hall–Kier alpha value is -3.20. The highest BCUT2D eigenvalue weighted by atomic mass is 32.1. The van der Waals surface area contributed by atoms with Gasteiger partial charge >= 0.3 is 0 Å². The molecule has 0 unspecified atom stereocenters. The van der Waals surface area contributed by atoms with Crippen LogP contribution >= 0.6 is 11.3 Å². The van der Waals surface area contributed by atoms with Gasteiger partial charge in [0.15, 0.2) is 0 Å². The van der Waals surface area contributed by atoms with Crippen molar-refractivity contribution in [1.82, 2.24) is 20.6 Å². The Morgan fingerprint density at radius 3 is 2.46 bits per heavy atom. The van der Waals surface area contributed by atoms with Gasteiger partial charge in [-0.25, -0.2) is 8.78 Å². The first-order valence-corrected chi connectivity index (χ1v) is 12.9. The summed E-state index contributed by atoms with van der Waals surface area (Å²) in [6.45, 7) is 0. The fourth-order valence-corrected chi connectivity index (χ4v) is 6.44. The van der Waals surface area contributed by atoms with Crippen LogP contribution in [0.15, 0.2) is 36.4 Å². The van der Waals surface area contributed by atoms with E-state index in [1.807, 2.05) is 18.2 Å². The van der Waals surface area contributed by atoms with Gasteiger partial charge < -0.3 is 0 Å². The van der Waals surface area contributed by atoms with Gasteiger partial charge in [-0.2, -0.15) is 5.21 Å². The molecule has 2 aliphatic carbocycles. The van der Waals surface area contributed by atoms with Gasteiger partial charge in [-0.15, -0.1) is 16.4 Å². The van der Waals surface area contributed by atoms with Gasteiger partial charge in [0.2, 0.25) is 0 Å². The van der Waals surface area contributed by atoms with Gasteiger partial charge in [-0.3, -0.25) is 10.1 Å². The lowest BCUT2D eigenvalue weighted by molar-refractivity contribution is 0.103. The molecule has 0 radical (unpaired) electrons. The number of tetrazole rings is 1. The number of thiophene rings is 1. The maximum atomic E-state index is 14.1.